The Morgan fingerprint density at radius 2 is 2.38 bits per heavy atom. The average Bonchev–Trinajstić information content (AvgIpc) is 3.10. The summed E-state index contributed by atoms with van der Waals surface area (Å²) in [5.41, 5.74) is 0.452. The van der Waals surface area contributed by atoms with Gasteiger partial charge in [-0.15, -0.1) is 0 Å². The molecule has 1 aliphatic carbocycles. The van der Waals surface area contributed by atoms with Gasteiger partial charge in [0, 0.05) is 18.8 Å². The van der Waals surface area contributed by atoms with Crippen LogP contribution in [0.25, 0.3) is 0 Å². The summed E-state index contributed by atoms with van der Waals surface area (Å²) in [4.78, 5) is 6.19. The van der Waals surface area contributed by atoms with Crippen LogP contribution in [-0.4, -0.2) is 29.3 Å². The molecule has 1 N–H and O–H groups in total. The lowest BCUT2D eigenvalue weighted by Gasteiger charge is -2.23. The highest BCUT2D eigenvalue weighted by Gasteiger charge is 2.30. The van der Waals surface area contributed by atoms with E-state index >= 15 is 0 Å². The van der Waals surface area contributed by atoms with E-state index in [2.05, 4.69) is 4.98 Å². The van der Waals surface area contributed by atoms with E-state index < -0.39 is 0 Å². The number of halogens is 1. The first-order valence-corrected chi connectivity index (χ1v) is 5.57. The van der Waals surface area contributed by atoms with Crippen molar-refractivity contribution in [2.45, 2.75) is 18.9 Å². The zero-order chi connectivity index (χ0) is 11.5. The summed E-state index contributed by atoms with van der Waals surface area (Å²) < 4.78 is 0. The average molecular weight is 238 g/mol. The predicted molar refractivity (Wildman–Crippen MR) is 61.4 cm³/mol. The molecule has 0 unspecified atom stereocenters. The molecule has 4 nitrogen and oxygen atoms in total. The van der Waals surface area contributed by atoms with E-state index in [0.29, 0.717) is 29.0 Å². The monoisotopic (exact) mass is 237 g/mol. The molecule has 1 saturated carbocycles. The van der Waals surface area contributed by atoms with Gasteiger partial charge in [-0.3, -0.25) is 0 Å². The molecule has 5 heteroatoms. The van der Waals surface area contributed by atoms with Crippen molar-refractivity contribution < 1.29 is 5.11 Å². The van der Waals surface area contributed by atoms with Crippen molar-refractivity contribution in [3.63, 3.8) is 0 Å². The number of pyridine rings is 1. The number of rotatable bonds is 4. The smallest absolute Gasteiger partial charge is 0.147 e. The van der Waals surface area contributed by atoms with Gasteiger partial charge in [-0.1, -0.05) is 11.6 Å². The lowest BCUT2D eigenvalue weighted by Crippen LogP contribution is -2.30. The highest BCUT2D eigenvalue weighted by Crippen LogP contribution is 2.34. The lowest BCUT2D eigenvalue weighted by atomic mass is 10.3. The first-order chi connectivity index (χ1) is 7.76. The van der Waals surface area contributed by atoms with Crippen LogP contribution in [-0.2, 0) is 0 Å². The van der Waals surface area contributed by atoms with Gasteiger partial charge < -0.3 is 10.0 Å². The number of hydrogen-bond acceptors (Lipinski definition) is 4. The quantitative estimate of drug-likeness (QED) is 0.864. The molecule has 0 amide bonds. The highest BCUT2D eigenvalue weighted by molar-refractivity contribution is 6.33. The molecule has 0 radical (unpaired) electrons. The van der Waals surface area contributed by atoms with Crippen LogP contribution in [0.1, 0.15) is 18.4 Å². The molecular formula is C11H12ClN3O. The number of hydrogen-bond donors (Lipinski definition) is 1. The summed E-state index contributed by atoms with van der Waals surface area (Å²) in [6, 6.07) is 4.04. The van der Waals surface area contributed by atoms with Crippen molar-refractivity contribution in [3.05, 3.63) is 22.8 Å². The third-order valence-corrected chi connectivity index (χ3v) is 2.83. The standard InChI is InChI=1S/C11H12ClN3O/c12-10-5-8(6-13)7-14-11(10)15(3-4-16)9-1-2-9/h5,7,9,16H,1-4H2. The Labute approximate surface area is 99.1 Å². The number of aliphatic hydroxyl groups excluding tert-OH is 1. The van der Waals surface area contributed by atoms with E-state index in [1.807, 2.05) is 11.0 Å². The maximum Gasteiger partial charge on any atom is 0.147 e. The largest absolute Gasteiger partial charge is 0.395 e. The summed E-state index contributed by atoms with van der Waals surface area (Å²) in [7, 11) is 0. The minimum Gasteiger partial charge on any atom is -0.395 e. The molecule has 0 spiro atoms. The number of nitriles is 1. The zero-order valence-electron chi connectivity index (χ0n) is 8.73. The van der Waals surface area contributed by atoms with E-state index in [0.717, 1.165) is 12.8 Å². The molecular weight excluding hydrogens is 226 g/mol. The Morgan fingerprint density at radius 1 is 1.62 bits per heavy atom. The molecule has 1 aromatic rings. The van der Waals surface area contributed by atoms with Crippen LogP contribution < -0.4 is 4.90 Å². The van der Waals surface area contributed by atoms with Crippen LogP contribution in [0, 0.1) is 11.3 Å². The second kappa shape index (κ2) is 4.69. The molecule has 2 rings (SSSR count). The van der Waals surface area contributed by atoms with E-state index in [1.54, 1.807) is 6.07 Å². The maximum absolute atomic E-state index is 9.00. The van der Waals surface area contributed by atoms with Gasteiger partial charge in [-0.05, 0) is 18.9 Å². The van der Waals surface area contributed by atoms with E-state index in [9.17, 15) is 0 Å². The second-order valence-electron chi connectivity index (χ2n) is 3.79. The Kier molecular flexibility index (Phi) is 3.28. The molecule has 1 heterocycles. The molecule has 0 saturated heterocycles. The lowest BCUT2D eigenvalue weighted by molar-refractivity contribution is 0.301. The third-order valence-electron chi connectivity index (χ3n) is 2.55. The molecule has 1 aliphatic rings. The van der Waals surface area contributed by atoms with Crippen molar-refractivity contribution in [1.29, 1.82) is 5.26 Å². The van der Waals surface area contributed by atoms with Gasteiger partial charge in [0.1, 0.15) is 11.9 Å². The summed E-state index contributed by atoms with van der Waals surface area (Å²) >= 11 is 6.07. The number of aromatic nitrogens is 1. The van der Waals surface area contributed by atoms with Crippen LogP contribution in [0.5, 0.6) is 0 Å². The third kappa shape index (κ3) is 2.26. The Morgan fingerprint density at radius 3 is 2.88 bits per heavy atom. The van der Waals surface area contributed by atoms with Crippen LogP contribution in [0.4, 0.5) is 5.82 Å². The fraction of sp³-hybridized carbons (Fsp3) is 0.455. The van der Waals surface area contributed by atoms with E-state index in [1.165, 1.54) is 6.20 Å². The van der Waals surface area contributed by atoms with Gasteiger partial charge in [0.2, 0.25) is 0 Å². The minimum absolute atomic E-state index is 0.0779. The van der Waals surface area contributed by atoms with Crippen LogP contribution in [0.15, 0.2) is 12.3 Å². The van der Waals surface area contributed by atoms with Crippen molar-refractivity contribution >= 4 is 17.4 Å². The molecule has 84 valence electrons. The maximum atomic E-state index is 9.00. The summed E-state index contributed by atoms with van der Waals surface area (Å²) in [5.74, 6) is 0.664. The first-order valence-electron chi connectivity index (χ1n) is 5.19. The van der Waals surface area contributed by atoms with Gasteiger partial charge in [0.25, 0.3) is 0 Å². The summed E-state index contributed by atoms with van der Waals surface area (Å²) in [6.07, 6.45) is 3.73. The summed E-state index contributed by atoms with van der Waals surface area (Å²) in [5, 5.41) is 18.2. The van der Waals surface area contributed by atoms with Crippen LogP contribution >= 0.6 is 11.6 Å². The predicted octanol–water partition coefficient (Wildman–Crippen LogP) is 1.57. The van der Waals surface area contributed by atoms with Gasteiger partial charge in [-0.25, -0.2) is 4.98 Å². The SMILES string of the molecule is N#Cc1cnc(N(CCO)C2CC2)c(Cl)c1. The van der Waals surface area contributed by atoms with Gasteiger partial charge in [0.05, 0.1) is 17.2 Å². The highest BCUT2D eigenvalue weighted by atomic mass is 35.5. The van der Waals surface area contributed by atoms with Crippen LogP contribution in [0.3, 0.4) is 0 Å². The fourth-order valence-electron chi connectivity index (χ4n) is 1.66. The number of nitrogens with zero attached hydrogens (tertiary/aromatic N) is 3. The second-order valence-corrected chi connectivity index (χ2v) is 4.20. The van der Waals surface area contributed by atoms with Gasteiger partial charge in [-0.2, -0.15) is 5.26 Å². The molecule has 1 aromatic heterocycles. The molecule has 16 heavy (non-hydrogen) atoms. The normalized spacial score (nSPS) is 14.6. The van der Waals surface area contributed by atoms with Crippen molar-refractivity contribution in [2.24, 2.45) is 0 Å². The van der Waals surface area contributed by atoms with Gasteiger partial charge >= 0.3 is 0 Å². The fourth-order valence-corrected chi connectivity index (χ4v) is 1.93. The minimum atomic E-state index is 0.0779. The molecule has 0 aliphatic heterocycles. The number of anilines is 1. The number of aliphatic hydroxyl groups is 1. The molecule has 1 fully saturated rings. The first kappa shape index (κ1) is 11.2. The topological polar surface area (TPSA) is 60.2 Å². The molecule has 0 aromatic carbocycles. The van der Waals surface area contributed by atoms with Crippen molar-refractivity contribution in [3.8, 4) is 6.07 Å². The molecule has 0 atom stereocenters. The van der Waals surface area contributed by atoms with Gasteiger partial charge in [0.15, 0.2) is 0 Å². The summed E-state index contributed by atoms with van der Waals surface area (Å²) in [6.45, 7) is 0.609. The van der Waals surface area contributed by atoms with E-state index in [-0.39, 0.29) is 6.61 Å². The Balaban J connectivity index is 2.27. The Bertz CT molecular complexity index is 426. The zero-order valence-corrected chi connectivity index (χ0v) is 9.48. The van der Waals surface area contributed by atoms with E-state index in [4.69, 9.17) is 22.0 Å². The van der Waals surface area contributed by atoms with Crippen LogP contribution in [0.2, 0.25) is 5.02 Å². The Hall–Kier alpha value is -1.31. The molecule has 0 bridgehead atoms. The van der Waals surface area contributed by atoms with Crippen molar-refractivity contribution in [1.82, 2.24) is 4.98 Å². The van der Waals surface area contributed by atoms with Crippen molar-refractivity contribution in [2.75, 3.05) is 18.1 Å².